The topological polar surface area (TPSA) is 21.1 Å². The first-order valence-electron chi connectivity index (χ1n) is 5.63. The van der Waals surface area contributed by atoms with Gasteiger partial charge in [0.05, 0.1) is 6.67 Å². The summed E-state index contributed by atoms with van der Waals surface area (Å²) in [6.07, 6.45) is 2.02. The van der Waals surface area contributed by atoms with Crippen molar-refractivity contribution < 1.29 is 0 Å². The molecule has 2 rings (SSSR count). The van der Waals surface area contributed by atoms with E-state index < -0.39 is 0 Å². The van der Waals surface area contributed by atoms with Crippen LogP contribution in [0.5, 0.6) is 0 Å². The second-order valence-electron chi connectivity index (χ2n) is 4.12. The Kier molecular flexibility index (Phi) is 5.58. The number of aromatic nitrogens is 2. The van der Waals surface area contributed by atoms with E-state index in [2.05, 4.69) is 57.2 Å². The summed E-state index contributed by atoms with van der Waals surface area (Å²) in [6, 6.07) is 8.36. The highest BCUT2D eigenvalue weighted by Crippen LogP contribution is 2.19. The lowest BCUT2D eigenvalue weighted by molar-refractivity contribution is 0.243. The smallest absolute Gasteiger partial charge is 0.181 e. The average molecular weight is 376 g/mol. The molecule has 0 radical (unpaired) electrons. The van der Waals surface area contributed by atoms with Gasteiger partial charge in [-0.3, -0.25) is 4.90 Å². The Balaban J connectivity index is 2.00. The van der Waals surface area contributed by atoms with Crippen LogP contribution in [0.4, 0.5) is 0 Å². The molecule has 0 atom stereocenters. The first-order chi connectivity index (χ1) is 9.08. The maximum absolute atomic E-state index is 5.31. The summed E-state index contributed by atoms with van der Waals surface area (Å²) in [5.41, 5.74) is 1.28. The molecule has 0 saturated carbocycles. The summed E-state index contributed by atoms with van der Waals surface area (Å²) in [5, 5.41) is 4.47. The first-order valence-corrected chi connectivity index (χ1v) is 8.87. The molecule has 0 aliphatic rings. The highest BCUT2D eigenvalue weighted by molar-refractivity contribution is 9.10. The Bertz CT molecular complexity index is 591. The van der Waals surface area contributed by atoms with Gasteiger partial charge in [-0.05, 0) is 43.2 Å². The molecule has 0 amide bonds. The minimum atomic E-state index is 0.714. The molecule has 0 bridgehead atoms. The van der Waals surface area contributed by atoms with Crippen molar-refractivity contribution in [3.63, 3.8) is 0 Å². The van der Waals surface area contributed by atoms with Crippen molar-refractivity contribution in [3.8, 4) is 0 Å². The van der Waals surface area contributed by atoms with Gasteiger partial charge in [0, 0.05) is 11.0 Å². The van der Waals surface area contributed by atoms with Crippen LogP contribution in [0.2, 0.25) is 0 Å². The summed E-state index contributed by atoms with van der Waals surface area (Å²) < 4.78 is 4.82. The van der Waals surface area contributed by atoms with Gasteiger partial charge >= 0.3 is 0 Å². The van der Waals surface area contributed by atoms with E-state index in [1.54, 1.807) is 23.1 Å². The molecule has 0 N–H and O–H groups in total. The molecule has 0 fully saturated rings. The third-order valence-electron chi connectivity index (χ3n) is 2.50. The Morgan fingerprint density at radius 2 is 2.11 bits per heavy atom. The number of benzene rings is 1. The van der Waals surface area contributed by atoms with Gasteiger partial charge in [0.25, 0.3) is 0 Å². The molecule has 1 aromatic heterocycles. The summed E-state index contributed by atoms with van der Waals surface area (Å²) >= 11 is 11.9. The molecule has 0 spiro atoms. The Morgan fingerprint density at radius 1 is 1.42 bits per heavy atom. The van der Waals surface area contributed by atoms with Gasteiger partial charge < -0.3 is 0 Å². The number of nitrogens with zero attached hydrogens (tertiary/aromatic N) is 3. The van der Waals surface area contributed by atoms with Crippen LogP contribution in [-0.2, 0) is 13.2 Å². The van der Waals surface area contributed by atoms with Crippen molar-refractivity contribution in [2.75, 3.05) is 13.3 Å². The van der Waals surface area contributed by atoms with Crippen LogP contribution in [-0.4, -0.2) is 28.0 Å². The third kappa shape index (κ3) is 4.39. The van der Waals surface area contributed by atoms with Crippen molar-refractivity contribution in [1.29, 1.82) is 0 Å². The lowest BCUT2D eigenvalue weighted by Gasteiger charge is -2.16. The van der Waals surface area contributed by atoms with E-state index in [1.165, 1.54) is 5.56 Å². The second-order valence-corrected chi connectivity index (χ2v) is 7.71. The molecule has 102 valence electrons. The zero-order valence-corrected chi connectivity index (χ0v) is 14.7. The molecule has 19 heavy (non-hydrogen) atoms. The molecule has 1 aromatic carbocycles. The van der Waals surface area contributed by atoms with Crippen LogP contribution in [0.3, 0.4) is 0 Å². The van der Waals surface area contributed by atoms with E-state index >= 15 is 0 Å². The molecular weight excluding hydrogens is 362 g/mol. The van der Waals surface area contributed by atoms with Gasteiger partial charge in [0.2, 0.25) is 0 Å². The van der Waals surface area contributed by atoms with Crippen LogP contribution in [0.25, 0.3) is 0 Å². The highest BCUT2D eigenvalue weighted by atomic mass is 79.9. The highest BCUT2D eigenvalue weighted by Gasteiger charge is 2.06. The SMILES string of the molecule is CSc1nn(CN(C)Cc2ccc(Br)cc2)c(=S)s1. The standard InChI is InChI=1S/C12H14BrN3S3/c1-15(7-9-3-5-10(13)6-4-9)8-16-12(17)19-11(14-16)18-2/h3-6H,7-8H2,1-2H3. The molecule has 7 heteroatoms. The van der Waals surface area contributed by atoms with Gasteiger partial charge in [0.1, 0.15) is 0 Å². The Hall–Kier alpha value is -0.210. The van der Waals surface area contributed by atoms with Crippen LogP contribution in [0.15, 0.2) is 33.1 Å². The molecule has 0 aliphatic heterocycles. The third-order valence-corrected chi connectivity index (χ3v) is 5.32. The predicted octanol–water partition coefficient (Wildman–Crippen LogP) is 4.25. The van der Waals surface area contributed by atoms with Crippen LogP contribution in [0, 0.1) is 3.95 Å². The fourth-order valence-corrected chi connectivity index (χ4v) is 3.64. The molecule has 0 unspecified atom stereocenters. The van der Waals surface area contributed by atoms with E-state index in [9.17, 15) is 0 Å². The minimum Gasteiger partial charge on any atom is -0.283 e. The van der Waals surface area contributed by atoms with E-state index in [0.717, 1.165) is 19.3 Å². The predicted molar refractivity (Wildman–Crippen MR) is 88.3 cm³/mol. The fraction of sp³-hybridized carbons (Fsp3) is 0.333. The van der Waals surface area contributed by atoms with Gasteiger partial charge in [-0.15, -0.1) is 0 Å². The second kappa shape index (κ2) is 6.99. The molecule has 0 aliphatic carbocycles. The zero-order chi connectivity index (χ0) is 13.8. The van der Waals surface area contributed by atoms with Crippen molar-refractivity contribution >= 4 is 51.2 Å². The lowest BCUT2D eigenvalue weighted by atomic mass is 10.2. The van der Waals surface area contributed by atoms with Crippen molar-refractivity contribution in [1.82, 2.24) is 14.7 Å². The molecule has 2 aromatic rings. The Morgan fingerprint density at radius 3 is 2.68 bits per heavy atom. The summed E-state index contributed by atoms with van der Waals surface area (Å²) in [4.78, 5) is 2.20. The number of hydrogen-bond donors (Lipinski definition) is 0. The number of halogens is 1. The minimum absolute atomic E-state index is 0.714. The zero-order valence-electron chi connectivity index (χ0n) is 10.7. The number of hydrogen-bond acceptors (Lipinski definition) is 5. The first kappa shape index (κ1) is 15.2. The average Bonchev–Trinajstić information content (AvgIpc) is 2.73. The quantitative estimate of drug-likeness (QED) is 0.574. The summed E-state index contributed by atoms with van der Waals surface area (Å²) in [5.74, 6) is 0. The van der Waals surface area contributed by atoms with E-state index in [0.29, 0.717) is 6.67 Å². The van der Waals surface area contributed by atoms with E-state index in [4.69, 9.17) is 12.2 Å². The van der Waals surface area contributed by atoms with Crippen molar-refractivity contribution in [2.24, 2.45) is 0 Å². The summed E-state index contributed by atoms with van der Waals surface area (Å²) in [7, 11) is 2.07. The number of rotatable bonds is 5. The Labute approximate surface area is 134 Å². The van der Waals surface area contributed by atoms with Crippen molar-refractivity contribution in [2.45, 2.75) is 17.6 Å². The summed E-state index contributed by atoms with van der Waals surface area (Å²) in [6.45, 7) is 1.59. The van der Waals surface area contributed by atoms with Gasteiger partial charge in [0.15, 0.2) is 8.29 Å². The molecular formula is C12H14BrN3S3. The largest absolute Gasteiger partial charge is 0.283 e. The maximum Gasteiger partial charge on any atom is 0.181 e. The van der Waals surface area contributed by atoms with Gasteiger partial charge in [-0.2, -0.15) is 5.10 Å². The maximum atomic E-state index is 5.31. The van der Waals surface area contributed by atoms with Gasteiger partial charge in [-0.1, -0.05) is 51.2 Å². The normalized spacial score (nSPS) is 11.2. The van der Waals surface area contributed by atoms with E-state index in [1.807, 2.05) is 10.9 Å². The molecule has 0 saturated heterocycles. The molecule has 1 heterocycles. The monoisotopic (exact) mass is 375 g/mol. The fourth-order valence-electron chi connectivity index (χ4n) is 1.64. The lowest BCUT2D eigenvalue weighted by Crippen LogP contribution is -2.22. The van der Waals surface area contributed by atoms with E-state index in [-0.39, 0.29) is 0 Å². The van der Waals surface area contributed by atoms with Crippen LogP contribution < -0.4 is 0 Å². The van der Waals surface area contributed by atoms with Gasteiger partial charge in [-0.25, -0.2) is 4.68 Å². The number of thioether (sulfide) groups is 1. The van der Waals surface area contributed by atoms with Crippen molar-refractivity contribution in [3.05, 3.63) is 38.3 Å². The van der Waals surface area contributed by atoms with Crippen LogP contribution >= 0.6 is 51.2 Å². The molecule has 3 nitrogen and oxygen atoms in total. The van der Waals surface area contributed by atoms with Crippen LogP contribution in [0.1, 0.15) is 5.56 Å².